The molecule has 1 rings (SSSR count). The van der Waals surface area contributed by atoms with E-state index in [0.717, 1.165) is 12.8 Å². The number of nitrogens with one attached hydrogen (secondary N) is 1. The van der Waals surface area contributed by atoms with Crippen LogP contribution in [0.5, 0.6) is 0 Å². The zero-order valence-electron chi connectivity index (χ0n) is 9.83. The Kier molecular flexibility index (Phi) is 5.05. The van der Waals surface area contributed by atoms with E-state index in [9.17, 15) is 0 Å². The molecule has 1 aromatic rings. The molecule has 1 aromatic heterocycles. The maximum atomic E-state index is 4.32. The number of aromatic nitrogens is 1. The topological polar surface area (TPSA) is 24.9 Å². The van der Waals surface area contributed by atoms with E-state index < -0.39 is 0 Å². The van der Waals surface area contributed by atoms with E-state index in [4.69, 9.17) is 0 Å². The van der Waals surface area contributed by atoms with Gasteiger partial charge in [0.2, 0.25) is 0 Å². The van der Waals surface area contributed by atoms with Gasteiger partial charge in [-0.1, -0.05) is 17.7 Å². The fourth-order valence-corrected chi connectivity index (χ4v) is 1.56. The van der Waals surface area contributed by atoms with Crippen LogP contribution in [0, 0.1) is 0 Å². The quantitative estimate of drug-likeness (QED) is 0.746. The van der Waals surface area contributed by atoms with Gasteiger partial charge in [0.25, 0.3) is 0 Å². The van der Waals surface area contributed by atoms with Gasteiger partial charge < -0.3 is 5.32 Å². The molecule has 1 atom stereocenters. The molecule has 0 saturated heterocycles. The number of allylic oxidation sites excluding steroid dienone is 1. The Labute approximate surface area is 92.4 Å². The maximum Gasteiger partial charge on any atom is 0.0404 e. The third-order valence-corrected chi connectivity index (χ3v) is 2.34. The second-order valence-electron chi connectivity index (χ2n) is 4.00. The molecule has 0 fully saturated rings. The van der Waals surface area contributed by atoms with Gasteiger partial charge in [-0.15, -0.1) is 0 Å². The Morgan fingerprint density at radius 3 is 2.80 bits per heavy atom. The van der Waals surface area contributed by atoms with E-state index in [1.807, 2.05) is 25.4 Å². The first-order valence-corrected chi connectivity index (χ1v) is 5.44. The lowest BCUT2D eigenvalue weighted by Gasteiger charge is -2.11. The van der Waals surface area contributed by atoms with Gasteiger partial charge in [-0.05, 0) is 45.9 Å². The van der Waals surface area contributed by atoms with Crippen molar-refractivity contribution in [3.63, 3.8) is 0 Å². The van der Waals surface area contributed by atoms with Crippen molar-refractivity contribution in [1.82, 2.24) is 10.3 Å². The lowest BCUT2D eigenvalue weighted by molar-refractivity contribution is 0.606. The Bertz CT molecular complexity index is 300. The van der Waals surface area contributed by atoms with E-state index in [0.29, 0.717) is 6.04 Å². The molecule has 0 aliphatic rings. The zero-order valence-corrected chi connectivity index (χ0v) is 9.83. The molecular weight excluding hydrogens is 184 g/mol. The summed E-state index contributed by atoms with van der Waals surface area (Å²) in [4.78, 5) is 4.32. The summed E-state index contributed by atoms with van der Waals surface area (Å²) in [6.45, 7) is 4.26. The molecule has 2 heteroatoms. The monoisotopic (exact) mass is 204 g/mol. The van der Waals surface area contributed by atoms with Crippen molar-refractivity contribution in [2.75, 3.05) is 7.05 Å². The van der Waals surface area contributed by atoms with Crippen LogP contribution in [0.15, 0.2) is 36.0 Å². The minimum Gasteiger partial charge on any atom is -0.314 e. The summed E-state index contributed by atoms with van der Waals surface area (Å²) in [5, 5.41) is 3.30. The van der Waals surface area contributed by atoms with Gasteiger partial charge >= 0.3 is 0 Å². The second kappa shape index (κ2) is 6.36. The molecule has 0 saturated carbocycles. The first-order chi connectivity index (χ1) is 7.22. The predicted octanol–water partition coefficient (Wildman–Crippen LogP) is 2.57. The summed E-state index contributed by atoms with van der Waals surface area (Å²) in [7, 11) is 2.00. The highest BCUT2D eigenvalue weighted by molar-refractivity contribution is 5.06. The molecule has 0 radical (unpaired) electrons. The number of aryl methyl sites for hydroxylation is 1. The Hall–Kier alpha value is -1.15. The average Bonchev–Trinajstić information content (AvgIpc) is 2.25. The minimum absolute atomic E-state index is 0.456. The van der Waals surface area contributed by atoms with Crippen molar-refractivity contribution in [3.8, 4) is 0 Å². The lowest BCUT2D eigenvalue weighted by atomic mass is 10.1. The molecule has 0 amide bonds. The first-order valence-electron chi connectivity index (χ1n) is 5.44. The number of hydrogen-bond acceptors (Lipinski definition) is 2. The molecule has 0 spiro atoms. The molecule has 82 valence electrons. The molecule has 1 heterocycles. The van der Waals surface area contributed by atoms with Crippen LogP contribution in [0.2, 0.25) is 0 Å². The molecule has 0 aliphatic heterocycles. The van der Waals surface area contributed by atoms with Crippen LogP contribution in [0.25, 0.3) is 0 Å². The second-order valence-corrected chi connectivity index (χ2v) is 4.00. The molecule has 2 nitrogen and oxygen atoms in total. The van der Waals surface area contributed by atoms with Gasteiger partial charge in [0.05, 0.1) is 0 Å². The van der Waals surface area contributed by atoms with Gasteiger partial charge in [0, 0.05) is 17.9 Å². The van der Waals surface area contributed by atoms with Gasteiger partial charge in [-0.25, -0.2) is 0 Å². The Morgan fingerprint density at radius 2 is 2.27 bits per heavy atom. The number of likely N-dealkylation sites (N-methyl/N-ethyl adjacent to an activating group) is 1. The molecule has 0 aromatic carbocycles. The molecule has 1 unspecified atom stereocenters. The standard InChI is InChI=1S/C13H20N2/c1-11(2)10-13(14-3)8-7-12-6-4-5-9-15-12/h4-6,9-10,13-14H,7-8H2,1-3H3. The third kappa shape index (κ3) is 4.75. The van der Waals surface area contributed by atoms with Gasteiger partial charge in [-0.2, -0.15) is 0 Å². The molecular formula is C13H20N2. The number of rotatable bonds is 5. The van der Waals surface area contributed by atoms with Crippen LogP contribution in [0.3, 0.4) is 0 Å². The fourth-order valence-electron chi connectivity index (χ4n) is 1.56. The summed E-state index contributed by atoms with van der Waals surface area (Å²) in [6, 6.07) is 6.53. The van der Waals surface area contributed by atoms with Crippen molar-refractivity contribution >= 4 is 0 Å². The maximum absolute atomic E-state index is 4.32. The van der Waals surface area contributed by atoms with Crippen molar-refractivity contribution in [2.45, 2.75) is 32.7 Å². The minimum atomic E-state index is 0.456. The SMILES string of the molecule is CNC(C=C(C)C)CCc1ccccn1. The van der Waals surface area contributed by atoms with Crippen LogP contribution in [0.1, 0.15) is 26.0 Å². The number of hydrogen-bond donors (Lipinski definition) is 1. The molecule has 1 N–H and O–H groups in total. The van der Waals surface area contributed by atoms with Gasteiger partial charge in [0.15, 0.2) is 0 Å². The van der Waals surface area contributed by atoms with Crippen LogP contribution >= 0.6 is 0 Å². The Balaban J connectivity index is 2.45. The molecule has 0 bridgehead atoms. The van der Waals surface area contributed by atoms with Crippen molar-refractivity contribution in [1.29, 1.82) is 0 Å². The normalized spacial score (nSPS) is 12.2. The first kappa shape index (κ1) is 11.9. The van der Waals surface area contributed by atoms with E-state index in [1.54, 1.807) is 0 Å². The van der Waals surface area contributed by atoms with Crippen LogP contribution in [0.4, 0.5) is 0 Å². The lowest BCUT2D eigenvalue weighted by Crippen LogP contribution is -2.23. The molecule has 15 heavy (non-hydrogen) atoms. The smallest absolute Gasteiger partial charge is 0.0404 e. The summed E-state index contributed by atoms with van der Waals surface area (Å²) >= 11 is 0. The van der Waals surface area contributed by atoms with E-state index in [2.05, 4.69) is 36.3 Å². The van der Waals surface area contributed by atoms with E-state index in [1.165, 1.54) is 11.3 Å². The third-order valence-electron chi connectivity index (χ3n) is 2.34. The fraction of sp³-hybridized carbons (Fsp3) is 0.462. The number of nitrogens with zero attached hydrogens (tertiary/aromatic N) is 1. The van der Waals surface area contributed by atoms with Crippen LogP contribution in [-0.4, -0.2) is 18.1 Å². The van der Waals surface area contributed by atoms with Crippen LogP contribution < -0.4 is 5.32 Å². The van der Waals surface area contributed by atoms with Crippen molar-refractivity contribution < 1.29 is 0 Å². The van der Waals surface area contributed by atoms with Gasteiger partial charge in [-0.3, -0.25) is 4.98 Å². The van der Waals surface area contributed by atoms with Crippen molar-refractivity contribution in [2.24, 2.45) is 0 Å². The van der Waals surface area contributed by atoms with E-state index >= 15 is 0 Å². The van der Waals surface area contributed by atoms with Gasteiger partial charge in [0.1, 0.15) is 0 Å². The summed E-state index contributed by atoms with van der Waals surface area (Å²) in [5.74, 6) is 0. The Morgan fingerprint density at radius 1 is 1.47 bits per heavy atom. The summed E-state index contributed by atoms with van der Waals surface area (Å²) in [6.07, 6.45) is 6.24. The average molecular weight is 204 g/mol. The zero-order chi connectivity index (χ0) is 11.1. The highest BCUT2D eigenvalue weighted by atomic mass is 14.9. The summed E-state index contributed by atoms with van der Waals surface area (Å²) in [5.41, 5.74) is 2.52. The summed E-state index contributed by atoms with van der Waals surface area (Å²) < 4.78 is 0. The largest absolute Gasteiger partial charge is 0.314 e. The van der Waals surface area contributed by atoms with Crippen molar-refractivity contribution in [3.05, 3.63) is 41.7 Å². The predicted molar refractivity (Wildman–Crippen MR) is 64.8 cm³/mol. The van der Waals surface area contributed by atoms with Crippen LogP contribution in [-0.2, 0) is 6.42 Å². The van der Waals surface area contributed by atoms with E-state index in [-0.39, 0.29) is 0 Å². The number of pyridine rings is 1. The molecule has 0 aliphatic carbocycles. The highest BCUT2D eigenvalue weighted by Crippen LogP contribution is 2.04. The highest BCUT2D eigenvalue weighted by Gasteiger charge is 2.02.